The Morgan fingerprint density at radius 1 is 0.538 bits per heavy atom. The van der Waals surface area contributed by atoms with Crippen molar-refractivity contribution in [2.45, 2.75) is 0 Å². The molecule has 0 bridgehead atoms. The fourth-order valence-corrected chi connectivity index (χ4v) is 6.50. The molecule has 0 N–H and O–H groups in total. The maximum absolute atomic E-state index is 6.19. The summed E-state index contributed by atoms with van der Waals surface area (Å²) in [5.41, 5.74) is 5.96. The summed E-state index contributed by atoms with van der Waals surface area (Å²) in [6, 6.07) is 46.8. The normalized spacial score (nSPS) is 11.6. The molecule has 0 atom stereocenters. The molecule has 8 rings (SSSR count). The van der Waals surface area contributed by atoms with E-state index in [4.69, 9.17) is 9.40 Å². The minimum absolute atomic E-state index is 0.630. The molecule has 0 amide bonds. The van der Waals surface area contributed by atoms with E-state index in [1.54, 1.807) is 0 Å². The van der Waals surface area contributed by atoms with Crippen LogP contribution >= 0.6 is 11.3 Å². The van der Waals surface area contributed by atoms with Crippen LogP contribution in [0.5, 0.6) is 0 Å². The van der Waals surface area contributed by atoms with Gasteiger partial charge in [0, 0.05) is 48.2 Å². The van der Waals surface area contributed by atoms with Crippen LogP contribution in [-0.4, -0.2) is 4.98 Å². The summed E-state index contributed by atoms with van der Waals surface area (Å²) < 4.78 is 8.80. The first kappa shape index (κ1) is 22.1. The van der Waals surface area contributed by atoms with Gasteiger partial charge in [0.05, 0.1) is 0 Å². The first-order valence-electron chi connectivity index (χ1n) is 13.0. The third-order valence-corrected chi connectivity index (χ3v) is 8.44. The molecule has 184 valence electrons. The van der Waals surface area contributed by atoms with Crippen molar-refractivity contribution in [3.63, 3.8) is 0 Å². The van der Waals surface area contributed by atoms with Gasteiger partial charge in [-0.1, -0.05) is 66.7 Å². The van der Waals surface area contributed by atoms with Crippen LogP contribution in [0.3, 0.4) is 0 Å². The van der Waals surface area contributed by atoms with Gasteiger partial charge in [0.1, 0.15) is 5.52 Å². The first-order chi connectivity index (χ1) is 19.3. The summed E-state index contributed by atoms with van der Waals surface area (Å²) in [5.74, 6) is 0.630. The second kappa shape index (κ2) is 8.83. The van der Waals surface area contributed by atoms with Gasteiger partial charge in [-0.15, -0.1) is 11.3 Å². The van der Waals surface area contributed by atoms with Crippen molar-refractivity contribution in [3.8, 4) is 11.5 Å². The van der Waals surface area contributed by atoms with E-state index in [1.165, 1.54) is 20.2 Å². The van der Waals surface area contributed by atoms with Crippen LogP contribution in [0.15, 0.2) is 138 Å². The summed E-state index contributed by atoms with van der Waals surface area (Å²) in [6.45, 7) is 0. The monoisotopic (exact) mass is 518 g/mol. The molecule has 0 unspecified atom stereocenters. The molecular formula is C35H22N2OS. The summed E-state index contributed by atoms with van der Waals surface area (Å²) in [6.07, 6.45) is 0. The number of rotatable bonds is 4. The standard InChI is InChI=1S/C35H22N2OS/c1-2-9-25(10-3-1)37(27-19-21-33-30(22-27)29-12-6-7-13-32(29)39-33)26-17-14-24(15-18-26)35-36-34-28-11-5-4-8-23(28)16-20-31(34)38-35/h1-22H. The van der Waals surface area contributed by atoms with Crippen molar-refractivity contribution in [2.24, 2.45) is 0 Å². The smallest absolute Gasteiger partial charge is 0.227 e. The van der Waals surface area contributed by atoms with Crippen LogP contribution in [0.2, 0.25) is 0 Å². The van der Waals surface area contributed by atoms with Crippen molar-refractivity contribution >= 4 is 70.4 Å². The number of hydrogen-bond acceptors (Lipinski definition) is 4. The third-order valence-electron chi connectivity index (χ3n) is 7.29. The molecule has 0 saturated carbocycles. The molecule has 39 heavy (non-hydrogen) atoms. The highest BCUT2D eigenvalue weighted by atomic mass is 32.1. The molecule has 0 aliphatic rings. The van der Waals surface area contributed by atoms with Gasteiger partial charge >= 0.3 is 0 Å². The number of benzene rings is 6. The zero-order valence-electron chi connectivity index (χ0n) is 20.9. The quantitative estimate of drug-likeness (QED) is 0.232. The molecular weight excluding hydrogens is 496 g/mol. The number of fused-ring (bicyclic) bond motifs is 6. The number of anilines is 3. The first-order valence-corrected chi connectivity index (χ1v) is 13.8. The molecule has 3 nitrogen and oxygen atoms in total. The average molecular weight is 519 g/mol. The van der Waals surface area contributed by atoms with Crippen molar-refractivity contribution in [2.75, 3.05) is 4.90 Å². The highest BCUT2D eigenvalue weighted by Crippen LogP contribution is 2.41. The van der Waals surface area contributed by atoms with Gasteiger partial charge in [-0.05, 0) is 72.1 Å². The lowest BCUT2D eigenvalue weighted by molar-refractivity contribution is 0.620. The fourth-order valence-electron chi connectivity index (χ4n) is 5.42. The minimum Gasteiger partial charge on any atom is -0.436 e. The Labute approximate surface area is 229 Å². The minimum atomic E-state index is 0.630. The van der Waals surface area contributed by atoms with Crippen LogP contribution in [0.1, 0.15) is 0 Å². The van der Waals surface area contributed by atoms with Gasteiger partial charge in [0.15, 0.2) is 5.58 Å². The van der Waals surface area contributed by atoms with Crippen molar-refractivity contribution in [3.05, 3.63) is 133 Å². The zero-order valence-corrected chi connectivity index (χ0v) is 21.7. The van der Waals surface area contributed by atoms with Crippen LogP contribution in [0, 0.1) is 0 Å². The predicted molar refractivity (Wildman–Crippen MR) is 165 cm³/mol. The van der Waals surface area contributed by atoms with Crippen molar-refractivity contribution in [1.82, 2.24) is 4.98 Å². The van der Waals surface area contributed by atoms with Gasteiger partial charge < -0.3 is 9.32 Å². The molecule has 0 aliphatic carbocycles. The lowest BCUT2D eigenvalue weighted by Gasteiger charge is -2.25. The van der Waals surface area contributed by atoms with Gasteiger partial charge in [-0.2, -0.15) is 0 Å². The molecule has 0 fully saturated rings. The molecule has 2 aromatic heterocycles. The average Bonchev–Trinajstić information content (AvgIpc) is 3.60. The molecule has 2 heterocycles. The zero-order chi connectivity index (χ0) is 25.8. The number of nitrogens with zero attached hydrogens (tertiary/aromatic N) is 2. The summed E-state index contributed by atoms with van der Waals surface area (Å²) in [7, 11) is 0. The summed E-state index contributed by atoms with van der Waals surface area (Å²) >= 11 is 1.84. The number of oxazole rings is 1. The van der Waals surface area contributed by atoms with Gasteiger partial charge in [0.2, 0.25) is 5.89 Å². The predicted octanol–water partition coefficient (Wildman–Crippen LogP) is 10.5. The van der Waals surface area contributed by atoms with Crippen LogP contribution < -0.4 is 4.90 Å². The van der Waals surface area contributed by atoms with Crippen LogP contribution in [0.4, 0.5) is 17.1 Å². The second-order valence-electron chi connectivity index (χ2n) is 9.65. The van der Waals surface area contributed by atoms with E-state index in [0.717, 1.165) is 44.5 Å². The lowest BCUT2D eigenvalue weighted by Crippen LogP contribution is -2.09. The number of para-hydroxylation sites is 1. The Hall–Kier alpha value is -4.93. The Morgan fingerprint density at radius 3 is 2.10 bits per heavy atom. The topological polar surface area (TPSA) is 29.3 Å². The Bertz CT molecular complexity index is 2120. The van der Waals surface area contributed by atoms with E-state index in [0.29, 0.717) is 5.89 Å². The molecule has 8 aromatic rings. The fraction of sp³-hybridized carbons (Fsp3) is 0. The second-order valence-corrected chi connectivity index (χ2v) is 10.7. The van der Waals surface area contributed by atoms with E-state index < -0.39 is 0 Å². The van der Waals surface area contributed by atoms with Crippen molar-refractivity contribution < 1.29 is 4.42 Å². The molecule has 0 spiro atoms. The largest absolute Gasteiger partial charge is 0.436 e. The molecule has 4 heteroatoms. The van der Waals surface area contributed by atoms with E-state index in [2.05, 4.69) is 120 Å². The lowest BCUT2D eigenvalue weighted by atomic mass is 10.1. The summed E-state index contributed by atoms with van der Waals surface area (Å²) in [4.78, 5) is 7.18. The highest BCUT2D eigenvalue weighted by molar-refractivity contribution is 7.25. The van der Waals surface area contributed by atoms with E-state index in [-0.39, 0.29) is 0 Å². The number of thiophene rings is 1. The SMILES string of the molecule is c1ccc(N(c2ccc(-c3nc4c(ccc5ccccc54)o3)cc2)c2ccc3sc4ccccc4c3c2)cc1. The molecule has 0 aliphatic heterocycles. The molecule has 0 saturated heterocycles. The highest BCUT2D eigenvalue weighted by Gasteiger charge is 2.16. The van der Waals surface area contributed by atoms with Gasteiger partial charge in [-0.25, -0.2) is 4.98 Å². The summed E-state index contributed by atoms with van der Waals surface area (Å²) in [5, 5.41) is 4.85. The van der Waals surface area contributed by atoms with E-state index >= 15 is 0 Å². The number of aromatic nitrogens is 1. The van der Waals surface area contributed by atoms with E-state index in [9.17, 15) is 0 Å². The Kier molecular flexibility index (Phi) is 5.00. The van der Waals surface area contributed by atoms with Crippen LogP contribution in [-0.2, 0) is 0 Å². The maximum atomic E-state index is 6.19. The maximum Gasteiger partial charge on any atom is 0.227 e. The number of hydrogen-bond donors (Lipinski definition) is 0. The van der Waals surface area contributed by atoms with E-state index in [1.807, 2.05) is 29.5 Å². The Morgan fingerprint density at radius 2 is 1.23 bits per heavy atom. The van der Waals surface area contributed by atoms with Gasteiger partial charge in [-0.3, -0.25) is 0 Å². The Balaban J connectivity index is 1.23. The van der Waals surface area contributed by atoms with Gasteiger partial charge in [0.25, 0.3) is 0 Å². The molecule has 0 radical (unpaired) electrons. The van der Waals surface area contributed by atoms with Crippen molar-refractivity contribution in [1.29, 1.82) is 0 Å². The van der Waals surface area contributed by atoms with Crippen LogP contribution in [0.25, 0.3) is 53.5 Å². The molecule has 6 aromatic carbocycles. The third kappa shape index (κ3) is 3.69.